The monoisotopic (exact) mass is 432 g/mol. The molecule has 0 aliphatic heterocycles. The van der Waals surface area contributed by atoms with Gasteiger partial charge in [0.15, 0.2) is 0 Å². The maximum Gasteiger partial charge on any atom is 0.264 e. The van der Waals surface area contributed by atoms with Crippen LogP contribution in [0.15, 0.2) is 65.6 Å². The minimum absolute atomic E-state index is 0.171. The number of nitrogens with one attached hydrogen (secondary N) is 1. The summed E-state index contributed by atoms with van der Waals surface area (Å²) < 4.78 is 27.5. The van der Waals surface area contributed by atoms with Gasteiger partial charge in [0.05, 0.1) is 10.6 Å². The lowest BCUT2D eigenvalue weighted by molar-refractivity contribution is -0.119. The van der Waals surface area contributed by atoms with Crippen LogP contribution >= 0.6 is 11.8 Å². The summed E-state index contributed by atoms with van der Waals surface area (Å²) in [5.74, 6) is 0.560. The zero-order valence-electron chi connectivity index (χ0n) is 16.5. The van der Waals surface area contributed by atoms with E-state index >= 15 is 0 Å². The Morgan fingerprint density at radius 3 is 2.24 bits per heavy atom. The summed E-state index contributed by atoms with van der Waals surface area (Å²) in [5, 5.41) is 3.57. The molecular weight excluding hydrogens is 404 g/mol. The molecule has 1 aliphatic carbocycles. The lowest BCUT2D eigenvalue weighted by atomic mass is 10.0. The van der Waals surface area contributed by atoms with Crippen molar-refractivity contribution in [2.24, 2.45) is 0 Å². The molecule has 0 aromatic heterocycles. The van der Waals surface area contributed by atoms with Crippen LogP contribution in [0.2, 0.25) is 0 Å². The van der Waals surface area contributed by atoms with E-state index in [0.29, 0.717) is 17.5 Å². The number of sulfonamides is 1. The lowest BCUT2D eigenvalue weighted by Gasteiger charge is -2.24. The number of thioether (sulfide) groups is 1. The first-order valence-corrected chi connectivity index (χ1v) is 12.6. The Morgan fingerprint density at radius 1 is 0.966 bits per heavy atom. The summed E-state index contributed by atoms with van der Waals surface area (Å²) in [4.78, 5) is 12.7. The van der Waals surface area contributed by atoms with Crippen LogP contribution < -0.4 is 9.62 Å². The summed E-state index contributed by atoms with van der Waals surface area (Å²) in [5.41, 5.74) is 0.475. The van der Waals surface area contributed by atoms with Crippen LogP contribution in [0.4, 0.5) is 5.69 Å². The van der Waals surface area contributed by atoms with Gasteiger partial charge in [0, 0.05) is 17.5 Å². The highest BCUT2D eigenvalue weighted by molar-refractivity contribution is 7.99. The summed E-state index contributed by atoms with van der Waals surface area (Å²) >= 11 is 1.91. The largest absolute Gasteiger partial charge is 0.354 e. The van der Waals surface area contributed by atoms with Crippen molar-refractivity contribution >= 4 is 33.4 Å². The minimum atomic E-state index is -3.83. The first-order chi connectivity index (χ1) is 14.1. The number of hydrogen-bond acceptors (Lipinski definition) is 4. The quantitative estimate of drug-likeness (QED) is 0.607. The van der Waals surface area contributed by atoms with Crippen molar-refractivity contribution in [1.82, 2.24) is 5.32 Å². The van der Waals surface area contributed by atoms with Gasteiger partial charge in [-0.1, -0.05) is 55.7 Å². The van der Waals surface area contributed by atoms with Crippen LogP contribution in [-0.4, -0.2) is 38.4 Å². The SMILES string of the molecule is O=C(CN(c1ccccc1)S(=O)(=O)c1ccccc1)NCCSC1CCCCC1. The number of carbonyl (C=O) groups is 1. The molecule has 0 atom stereocenters. The number of carbonyl (C=O) groups excluding carboxylic acids is 1. The third-order valence-corrected chi connectivity index (χ3v) is 8.16. The molecular formula is C22H28N2O3S2. The molecule has 1 aliphatic rings. The maximum atomic E-state index is 13.1. The molecule has 156 valence electrons. The van der Waals surface area contributed by atoms with Gasteiger partial charge in [-0.05, 0) is 37.1 Å². The van der Waals surface area contributed by atoms with Crippen LogP contribution in [0.5, 0.6) is 0 Å². The number of hydrogen-bond donors (Lipinski definition) is 1. The minimum Gasteiger partial charge on any atom is -0.354 e. The van der Waals surface area contributed by atoms with E-state index in [9.17, 15) is 13.2 Å². The summed E-state index contributed by atoms with van der Waals surface area (Å²) in [6.07, 6.45) is 6.45. The Balaban J connectivity index is 1.62. The van der Waals surface area contributed by atoms with Crippen LogP contribution in [0.3, 0.4) is 0 Å². The zero-order valence-corrected chi connectivity index (χ0v) is 18.1. The van der Waals surface area contributed by atoms with Crippen molar-refractivity contribution in [1.29, 1.82) is 0 Å². The van der Waals surface area contributed by atoms with E-state index in [4.69, 9.17) is 0 Å². The Kier molecular flexibility index (Phi) is 8.00. The molecule has 3 rings (SSSR count). The molecule has 0 heterocycles. The second-order valence-electron chi connectivity index (χ2n) is 7.14. The van der Waals surface area contributed by atoms with Crippen molar-refractivity contribution in [3.63, 3.8) is 0 Å². The molecule has 1 amide bonds. The molecule has 0 spiro atoms. The molecule has 0 bridgehead atoms. The Morgan fingerprint density at radius 2 is 1.59 bits per heavy atom. The number of amides is 1. The van der Waals surface area contributed by atoms with Gasteiger partial charge in [-0.15, -0.1) is 0 Å². The summed E-state index contributed by atoms with van der Waals surface area (Å²) in [7, 11) is -3.83. The molecule has 2 aromatic carbocycles. The van der Waals surface area contributed by atoms with Crippen LogP contribution in [-0.2, 0) is 14.8 Å². The standard InChI is InChI=1S/C22H28N2O3S2/c25-22(23-16-17-28-20-12-6-2-7-13-20)18-24(19-10-4-1-5-11-19)29(26,27)21-14-8-3-9-15-21/h1,3-5,8-11,14-15,20H,2,6-7,12-13,16-18H2,(H,23,25). The van der Waals surface area contributed by atoms with Crippen molar-refractivity contribution in [2.45, 2.75) is 42.2 Å². The predicted molar refractivity (Wildman–Crippen MR) is 120 cm³/mol. The fourth-order valence-corrected chi connectivity index (χ4v) is 6.13. The van der Waals surface area contributed by atoms with E-state index in [0.717, 1.165) is 5.75 Å². The number of rotatable bonds is 9. The molecule has 2 aromatic rings. The van der Waals surface area contributed by atoms with E-state index in [1.807, 2.05) is 17.8 Å². The molecule has 1 N–H and O–H groups in total. The van der Waals surface area contributed by atoms with Gasteiger partial charge in [-0.2, -0.15) is 11.8 Å². The topological polar surface area (TPSA) is 66.5 Å². The van der Waals surface area contributed by atoms with Crippen LogP contribution in [0, 0.1) is 0 Å². The lowest BCUT2D eigenvalue weighted by Crippen LogP contribution is -2.41. The third-order valence-electron chi connectivity index (χ3n) is 4.99. The molecule has 0 radical (unpaired) electrons. The van der Waals surface area contributed by atoms with Crippen molar-refractivity contribution in [2.75, 3.05) is 23.1 Å². The number of benzene rings is 2. The smallest absolute Gasteiger partial charge is 0.264 e. The third kappa shape index (κ3) is 6.24. The van der Waals surface area contributed by atoms with E-state index in [-0.39, 0.29) is 17.3 Å². The van der Waals surface area contributed by atoms with Crippen molar-refractivity contribution in [3.8, 4) is 0 Å². The van der Waals surface area contributed by atoms with Crippen LogP contribution in [0.25, 0.3) is 0 Å². The van der Waals surface area contributed by atoms with Gasteiger partial charge in [0.2, 0.25) is 5.91 Å². The van der Waals surface area contributed by atoms with Crippen LogP contribution in [0.1, 0.15) is 32.1 Å². The Labute approximate surface area is 177 Å². The number of anilines is 1. The molecule has 0 saturated heterocycles. The van der Waals surface area contributed by atoms with Gasteiger partial charge in [-0.3, -0.25) is 9.10 Å². The fourth-order valence-electron chi connectivity index (χ4n) is 3.46. The highest BCUT2D eigenvalue weighted by Gasteiger charge is 2.26. The molecule has 29 heavy (non-hydrogen) atoms. The molecule has 5 nitrogen and oxygen atoms in total. The van der Waals surface area contributed by atoms with Crippen molar-refractivity contribution < 1.29 is 13.2 Å². The normalized spacial score (nSPS) is 15.0. The Hall–Kier alpha value is -1.99. The summed E-state index contributed by atoms with van der Waals surface area (Å²) in [6.45, 7) is 0.309. The van der Waals surface area contributed by atoms with E-state index < -0.39 is 10.0 Å². The van der Waals surface area contributed by atoms with E-state index in [1.54, 1.807) is 54.6 Å². The predicted octanol–water partition coefficient (Wildman–Crippen LogP) is 4.06. The molecule has 0 unspecified atom stereocenters. The second kappa shape index (κ2) is 10.7. The van der Waals surface area contributed by atoms with Gasteiger partial charge in [0.25, 0.3) is 10.0 Å². The van der Waals surface area contributed by atoms with Gasteiger partial charge < -0.3 is 5.32 Å². The Bertz CT molecular complexity index is 867. The van der Waals surface area contributed by atoms with E-state index in [2.05, 4.69) is 5.32 Å². The van der Waals surface area contributed by atoms with Crippen molar-refractivity contribution in [3.05, 3.63) is 60.7 Å². The first-order valence-electron chi connectivity index (χ1n) is 10.1. The van der Waals surface area contributed by atoms with Gasteiger partial charge in [-0.25, -0.2) is 8.42 Å². The second-order valence-corrected chi connectivity index (χ2v) is 10.4. The molecule has 1 saturated carbocycles. The highest BCUT2D eigenvalue weighted by atomic mass is 32.2. The fraction of sp³-hybridized carbons (Fsp3) is 0.409. The zero-order chi connectivity index (χ0) is 20.5. The highest BCUT2D eigenvalue weighted by Crippen LogP contribution is 2.27. The molecule has 7 heteroatoms. The summed E-state index contributed by atoms with van der Waals surface area (Å²) in [6, 6.07) is 17.0. The average molecular weight is 433 g/mol. The molecule has 1 fully saturated rings. The first kappa shape index (κ1) is 21.7. The number of nitrogens with zero attached hydrogens (tertiary/aromatic N) is 1. The van der Waals surface area contributed by atoms with Gasteiger partial charge in [0.1, 0.15) is 6.54 Å². The average Bonchev–Trinajstić information content (AvgIpc) is 2.77. The number of para-hydroxylation sites is 1. The van der Waals surface area contributed by atoms with Gasteiger partial charge >= 0.3 is 0 Å². The maximum absolute atomic E-state index is 13.1. The van der Waals surface area contributed by atoms with E-state index in [1.165, 1.54) is 36.4 Å².